The Kier molecular flexibility index (Phi) is 6.19. The molecular weight excluding hydrogens is 394 g/mol. The minimum Gasteiger partial charge on any atom is -0.481 e. The molecule has 0 saturated heterocycles. The van der Waals surface area contributed by atoms with Crippen LogP contribution in [0.25, 0.3) is 5.69 Å². The van der Waals surface area contributed by atoms with Crippen LogP contribution in [-0.2, 0) is 9.53 Å². The lowest BCUT2D eigenvalue weighted by molar-refractivity contribution is -0.122. The van der Waals surface area contributed by atoms with Gasteiger partial charge < -0.3 is 14.8 Å². The Hall–Kier alpha value is -3.32. The molecule has 8 heteroatoms. The number of hydrogen-bond acceptors (Lipinski definition) is 5. The van der Waals surface area contributed by atoms with Crippen molar-refractivity contribution in [1.82, 2.24) is 9.78 Å². The summed E-state index contributed by atoms with van der Waals surface area (Å²) in [7, 11) is 1.28. The Morgan fingerprint density at radius 1 is 1.10 bits per heavy atom. The monoisotopic (exact) mass is 413 g/mol. The first kappa shape index (κ1) is 20.4. The van der Waals surface area contributed by atoms with Crippen molar-refractivity contribution in [3.63, 3.8) is 0 Å². The number of aryl methyl sites for hydroxylation is 1. The normalized spacial score (nSPS) is 11.6. The zero-order chi connectivity index (χ0) is 21.0. The number of rotatable bonds is 6. The van der Waals surface area contributed by atoms with Gasteiger partial charge in [0, 0.05) is 5.02 Å². The van der Waals surface area contributed by atoms with Gasteiger partial charge in [-0.1, -0.05) is 29.8 Å². The van der Waals surface area contributed by atoms with Crippen molar-refractivity contribution in [1.29, 1.82) is 0 Å². The summed E-state index contributed by atoms with van der Waals surface area (Å²) in [6.45, 7) is 3.28. The summed E-state index contributed by atoms with van der Waals surface area (Å²) in [5, 5.41) is 7.73. The van der Waals surface area contributed by atoms with Gasteiger partial charge >= 0.3 is 5.97 Å². The quantitative estimate of drug-likeness (QED) is 0.617. The highest BCUT2D eigenvalue weighted by atomic mass is 35.5. The Bertz CT molecular complexity index is 1020. The molecule has 0 aliphatic carbocycles. The predicted molar refractivity (Wildman–Crippen MR) is 110 cm³/mol. The topological polar surface area (TPSA) is 82.5 Å². The Morgan fingerprint density at radius 2 is 1.76 bits per heavy atom. The summed E-state index contributed by atoms with van der Waals surface area (Å²) in [5.41, 5.74) is 1.30. The molecule has 7 nitrogen and oxygen atoms in total. The number of nitrogens with zero attached hydrogens (tertiary/aromatic N) is 2. The van der Waals surface area contributed by atoms with Crippen LogP contribution in [0.15, 0.2) is 54.6 Å². The van der Waals surface area contributed by atoms with E-state index in [0.717, 1.165) is 0 Å². The number of amides is 1. The van der Waals surface area contributed by atoms with E-state index in [1.54, 1.807) is 38.1 Å². The van der Waals surface area contributed by atoms with Crippen LogP contribution < -0.4 is 10.1 Å². The molecule has 1 heterocycles. The van der Waals surface area contributed by atoms with Gasteiger partial charge in [0.1, 0.15) is 11.3 Å². The van der Waals surface area contributed by atoms with Crippen LogP contribution in [-0.4, -0.2) is 34.9 Å². The van der Waals surface area contributed by atoms with Gasteiger partial charge in [-0.2, -0.15) is 5.10 Å². The van der Waals surface area contributed by atoms with Gasteiger partial charge in [0.25, 0.3) is 5.91 Å². The van der Waals surface area contributed by atoms with Gasteiger partial charge in [-0.3, -0.25) is 4.79 Å². The molecule has 29 heavy (non-hydrogen) atoms. The fourth-order valence-corrected chi connectivity index (χ4v) is 2.86. The second-order valence-electron chi connectivity index (χ2n) is 6.25. The number of para-hydroxylation sites is 1. The van der Waals surface area contributed by atoms with Crippen molar-refractivity contribution in [2.75, 3.05) is 12.4 Å². The zero-order valence-electron chi connectivity index (χ0n) is 16.2. The summed E-state index contributed by atoms with van der Waals surface area (Å²) in [4.78, 5) is 25.1. The zero-order valence-corrected chi connectivity index (χ0v) is 16.9. The maximum atomic E-state index is 12.8. The number of benzene rings is 2. The van der Waals surface area contributed by atoms with E-state index in [0.29, 0.717) is 22.2 Å². The second kappa shape index (κ2) is 8.79. The molecule has 0 spiro atoms. The Morgan fingerprint density at radius 3 is 2.38 bits per heavy atom. The third-order valence-electron chi connectivity index (χ3n) is 4.19. The van der Waals surface area contributed by atoms with Crippen molar-refractivity contribution in [3.8, 4) is 11.4 Å². The molecule has 1 atom stereocenters. The van der Waals surface area contributed by atoms with Crippen LogP contribution >= 0.6 is 11.6 Å². The average Bonchev–Trinajstić information content (AvgIpc) is 3.05. The first-order valence-electron chi connectivity index (χ1n) is 8.87. The van der Waals surface area contributed by atoms with Crippen LogP contribution in [0.2, 0.25) is 5.02 Å². The van der Waals surface area contributed by atoms with E-state index in [-0.39, 0.29) is 11.4 Å². The number of aromatic nitrogens is 2. The first-order valence-corrected chi connectivity index (χ1v) is 9.25. The fourth-order valence-electron chi connectivity index (χ4n) is 2.73. The molecule has 0 unspecified atom stereocenters. The fraction of sp³-hybridized carbons (Fsp3) is 0.190. The largest absolute Gasteiger partial charge is 0.481 e. The number of methoxy groups -OCH3 is 1. The van der Waals surface area contributed by atoms with Crippen molar-refractivity contribution in [2.45, 2.75) is 20.0 Å². The van der Waals surface area contributed by atoms with Crippen molar-refractivity contribution in [2.24, 2.45) is 0 Å². The Labute approximate surface area is 173 Å². The third kappa shape index (κ3) is 4.57. The van der Waals surface area contributed by atoms with Crippen LogP contribution in [0.1, 0.15) is 23.0 Å². The number of nitrogens with one attached hydrogen (secondary N) is 1. The van der Waals surface area contributed by atoms with E-state index in [2.05, 4.69) is 10.4 Å². The van der Waals surface area contributed by atoms with Crippen molar-refractivity contribution < 1.29 is 19.1 Å². The van der Waals surface area contributed by atoms with E-state index >= 15 is 0 Å². The second-order valence-corrected chi connectivity index (χ2v) is 6.69. The van der Waals surface area contributed by atoms with Gasteiger partial charge in [0.05, 0.1) is 18.5 Å². The van der Waals surface area contributed by atoms with Gasteiger partial charge in [0.15, 0.2) is 11.9 Å². The molecule has 150 valence electrons. The highest BCUT2D eigenvalue weighted by Gasteiger charge is 2.26. The maximum Gasteiger partial charge on any atom is 0.343 e. The molecule has 0 bridgehead atoms. The van der Waals surface area contributed by atoms with Crippen molar-refractivity contribution in [3.05, 3.63) is 70.9 Å². The number of anilines is 1. The SMILES string of the molecule is COC(=O)c1c(C)nn(-c2ccccc2)c1NC(=O)[C@@H](C)Oc1ccc(Cl)cc1. The predicted octanol–water partition coefficient (Wildman–Crippen LogP) is 4.03. The van der Waals surface area contributed by atoms with Gasteiger partial charge in [-0.05, 0) is 50.2 Å². The highest BCUT2D eigenvalue weighted by Crippen LogP contribution is 2.25. The van der Waals surface area contributed by atoms with E-state index in [9.17, 15) is 9.59 Å². The lowest BCUT2D eigenvalue weighted by atomic mass is 10.2. The van der Waals surface area contributed by atoms with E-state index in [1.807, 2.05) is 30.3 Å². The minimum atomic E-state index is -0.832. The van der Waals surface area contributed by atoms with Crippen LogP contribution in [0, 0.1) is 6.92 Å². The number of esters is 1. The van der Waals surface area contributed by atoms with Gasteiger partial charge in [-0.15, -0.1) is 0 Å². The summed E-state index contributed by atoms with van der Waals surface area (Å²) < 4.78 is 12.0. The van der Waals surface area contributed by atoms with E-state index < -0.39 is 18.0 Å². The summed E-state index contributed by atoms with van der Waals surface area (Å²) in [6, 6.07) is 15.9. The molecule has 2 aromatic carbocycles. The van der Waals surface area contributed by atoms with Crippen LogP contribution in [0.4, 0.5) is 5.82 Å². The van der Waals surface area contributed by atoms with Gasteiger partial charge in [-0.25, -0.2) is 9.48 Å². The smallest absolute Gasteiger partial charge is 0.343 e. The molecule has 0 fully saturated rings. The maximum absolute atomic E-state index is 12.8. The van der Waals surface area contributed by atoms with Crippen LogP contribution in [0.3, 0.4) is 0 Å². The van der Waals surface area contributed by atoms with E-state index in [1.165, 1.54) is 11.8 Å². The number of ether oxygens (including phenoxy) is 2. The molecule has 0 saturated carbocycles. The van der Waals surface area contributed by atoms with Crippen molar-refractivity contribution >= 4 is 29.3 Å². The summed E-state index contributed by atoms with van der Waals surface area (Å²) >= 11 is 5.87. The average molecular weight is 414 g/mol. The first-order chi connectivity index (χ1) is 13.9. The molecule has 3 rings (SSSR count). The van der Waals surface area contributed by atoms with E-state index in [4.69, 9.17) is 21.1 Å². The number of carbonyl (C=O) groups is 2. The molecule has 0 aliphatic rings. The molecule has 1 N–H and O–H groups in total. The standard InChI is InChI=1S/C21H20ClN3O4/c1-13-18(21(27)28-3)19(25(24-13)16-7-5-4-6-8-16)23-20(26)14(2)29-17-11-9-15(22)10-12-17/h4-12,14H,1-3H3,(H,23,26)/t14-/m1/s1. The summed E-state index contributed by atoms with van der Waals surface area (Å²) in [6.07, 6.45) is -0.832. The number of hydrogen-bond donors (Lipinski definition) is 1. The van der Waals surface area contributed by atoms with Crippen LogP contribution in [0.5, 0.6) is 5.75 Å². The molecule has 0 radical (unpaired) electrons. The molecule has 1 aromatic heterocycles. The molecule has 0 aliphatic heterocycles. The van der Waals surface area contributed by atoms with Gasteiger partial charge in [0.2, 0.25) is 0 Å². The number of carbonyl (C=O) groups excluding carboxylic acids is 2. The highest BCUT2D eigenvalue weighted by molar-refractivity contribution is 6.30. The molecule has 3 aromatic rings. The third-order valence-corrected chi connectivity index (χ3v) is 4.44. The summed E-state index contributed by atoms with van der Waals surface area (Å²) in [5.74, 6) is -0.316. The Balaban J connectivity index is 1.91. The molecule has 1 amide bonds. The lowest BCUT2D eigenvalue weighted by Crippen LogP contribution is -2.31. The minimum absolute atomic E-state index is 0.184. The molecular formula is C21H20ClN3O4. The lowest BCUT2D eigenvalue weighted by Gasteiger charge is -2.16. The number of halogens is 1.